The maximum Gasteiger partial charge on any atom is 0.285 e. The Kier molecular flexibility index (Phi) is 6.41. The fourth-order valence-electron chi connectivity index (χ4n) is 3.52. The summed E-state index contributed by atoms with van der Waals surface area (Å²) in [6.45, 7) is 4.54. The van der Waals surface area contributed by atoms with E-state index in [2.05, 4.69) is 13.8 Å². The molecule has 0 heterocycles. The van der Waals surface area contributed by atoms with Crippen molar-refractivity contribution in [2.45, 2.75) is 45.4 Å². The van der Waals surface area contributed by atoms with E-state index in [1.54, 1.807) is 35.5 Å². The molecule has 0 unspecified atom stereocenters. The minimum absolute atomic E-state index is 0.0559. The van der Waals surface area contributed by atoms with Crippen LogP contribution in [0.5, 0.6) is 0 Å². The zero-order valence-electron chi connectivity index (χ0n) is 13.9. The van der Waals surface area contributed by atoms with Crippen LogP contribution in [0.1, 0.15) is 33.1 Å². The highest BCUT2D eigenvalue weighted by atomic mass is 16.9. The first kappa shape index (κ1) is 17.9. The van der Waals surface area contributed by atoms with Gasteiger partial charge < -0.3 is 23.7 Å². The van der Waals surface area contributed by atoms with Gasteiger partial charge in [0.05, 0.1) is 0 Å². The molecule has 1 saturated carbocycles. The predicted octanol–water partition coefficient (Wildman–Crippen LogP) is 2.64. The van der Waals surface area contributed by atoms with Crippen LogP contribution in [-0.4, -0.2) is 47.8 Å². The SMILES string of the molecule is COC(OC)[C@H]1CC(C)(C)CC[C@@H]1C(OC)(OC)OC. The topological polar surface area (TPSA) is 46.2 Å². The Morgan fingerprint density at radius 1 is 0.950 bits per heavy atom. The Balaban J connectivity index is 3.07. The van der Waals surface area contributed by atoms with Crippen LogP contribution < -0.4 is 0 Å². The Morgan fingerprint density at radius 2 is 1.45 bits per heavy atom. The van der Waals surface area contributed by atoms with Crippen LogP contribution in [0.25, 0.3) is 0 Å². The Labute approximate surface area is 122 Å². The van der Waals surface area contributed by atoms with E-state index >= 15 is 0 Å². The molecule has 120 valence electrons. The Morgan fingerprint density at radius 3 is 1.85 bits per heavy atom. The molecule has 0 saturated heterocycles. The molecule has 0 aromatic rings. The Hall–Kier alpha value is -0.200. The van der Waals surface area contributed by atoms with Gasteiger partial charge in [0.2, 0.25) is 0 Å². The third kappa shape index (κ3) is 3.52. The lowest BCUT2D eigenvalue weighted by Crippen LogP contribution is -2.53. The molecule has 5 nitrogen and oxygen atoms in total. The summed E-state index contributed by atoms with van der Waals surface area (Å²) in [4.78, 5) is 0. The van der Waals surface area contributed by atoms with Gasteiger partial charge in [-0.05, 0) is 24.7 Å². The molecule has 0 amide bonds. The lowest BCUT2D eigenvalue weighted by Gasteiger charge is -2.48. The summed E-state index contributed by atoms with van der Waals surface area (Å²) in [7, 11) is 8.16. The summed E-state index contributed by atoms with van der Waals surface area (Å²) < 4.78 is 27.7. The van der Waals surface area contributed by atoms with Crippen LogP contribution in [0.4, 0.5) is 0 Å². The highest BCUT2D eigenvalue weighted by molar-refractivity contribution is 4.90. The largest absolute Gasteiger partial charge is 0.356 e. The first-order chi connectivity index (χ1) is 9.39. The molecule has 0 aromatic carbocycles. The van der Waals surface area contributed by atoms with Crippen LogP contribution in [0, 0.1) is 17.3 Å². The molecule has 0 aliphatic heterocycles. The van der Waals surface area contributed by atoms with E-state index in [1.165, 1.54) is 0 Å². The average molecular weight is 290 g/mol. The van der Waals surface area contributed by atoms with Gasteiger partial charge in [0.25, 0.3) is 5.97 Å². The third-order valence-electron chi connectivity index (χ3n) is 4.56. The lowest BCUT2D eigenvalue weighted by molar-refractivity contribution is -0.397. The van der Waals surface area contributed by atoms with Crippen molar-refractivity contribution in [3.8, 4) is 0 Å². The number of rotatable bonds is 7. The second-order valence-corrected chi connectivity index (χ2v) is 6.23. The molecule has 1 aliphatic rings. The minimum atomic E-state index is -1.05. The average Bonchev–Trinajstić information content (AvgIpc) is 2.43. The number of ether oxygens (including phenoxy) is 5. The Bertz CT molecular complexity index is 276. The van der Waals surface area contributed by atoms with E-state index in [9.17, 15) is 0 Å². The molecule has 0 bridgehead atoms. The standard InChI is InChI=1S/C15H30O5/c1-14(2)9-8-12(15(18-5,19-6)20-7)11(10-14)13(16-3)17-4/h11-13H,8-10H2,1-7H3/t11-,12-/m0/s1. The summed E-state index contributed by atoms with van der Waals surface area (Å²) in [5.74, 6) is -0.842. The molecular formula is C15H30O5. The lowest BCUT2D eigenvalue weighted by atomic mass is 9.66. The van der Waals surface area contributed by atoms with Crippen molar-refractivity contribution in [1.29, 1.82) is 0 Å². The second kappa shape index (κ2) is 7.18. The van der Waals surface area contributed by atoms with E-state index in [4.69, 9.17) is 23.7 Å². The third-order valence-corrected chi connectivity index (χ3v) is 4.56. The van der Waals surface area contributed by atoms with Crippen molar-refractivity contribution in [2.75, 3.05) is 35.5 Å². The van der Waals surface area contributed by atoms with E-state index in [0.717, 1.165) is 19.3 Å². The zero-order chi connectivity index (χ0) is 15.4. The van der Waals surface area contributed by atoms with Crippen molar-refractivity contribution in [3.63, 3.8) is 0 Å². The summed E-state index contributed by atoms with van der Waals surface area (Å²) in [5, 5.41) is 0. The van der Waals surface area contributed by atoms with E-state index < -0.39 is 5.97 Å². The number of hydrogen-bond donors (Lipinski definition) is 0. The highest BCUT2D eigenvalue weighted by Gasteiger charge is 2.51. The first-order valence-electron chi connectivity index (χ1n) is 7.10. The van der Waals surface area contributed by atoms with Gasteiger partial charge in [-0.25, -0.2) is 0 Å². The quantitative estimate of drug-likeness (QED) is 0.675. The van der Waals surface area contributed by atoms with Crippen molar-refractivity contribution in [1.82, 2.24) is 0 Å². The van der Waals surface area contributed by atoms with E-state index in [1.807, 2.05) is 0 Å². The van der Waals surface area contributed by atoms with Gasteiger partial charge in [-0.2, -0.15) is 0 Å². The predicted molar refractivity (Wildman–Crippen MR) is 76.2 cm³/mol. The molecule has 1 fully saturated rings. The van der Waals surface area contributed by atoms with Crippen LogP contribution in [0.3, 0.4) is 0 Å². The smallest absolute Gasteiger partial charge is 0.285 e. The molecule has 2 atom stereocenters. The van der Waals surface area contributed by atoms with Crippen molar-refractivity contribution < 1.29 is 23.7 Å². The maximum absolute atomic E-state index is 5.56. The van der Waals surface area contributed by atoms with Crippen LogP contribution >= 0.6 is 0 Å². The van der Waals surface area contributed by atoms with Gasteiger partial charge in [-0.3, -0.25) is 0 Å². The van der Waals surface area contributed by atoms with Crippen LogP contribution in [-0.2, 0) is 23.7 Å². The van der Waals surface area contributed by atoms with E-state index in [0.29, 0.717) is 0 Å². The van der Waals surface area contributed by atoms with Gasteiger partial charge in [-0.15, -0.1) is 0 Å². The van der Waals surface area contributed by atoms with Gasteiger partial charge in [0.15, 0.2) is 6.29 Å². The minimum Gasteiger partial charge on any atom is -0.356 e. The summed E-state index contributed by atoms with van der Waals surface area (Å²) in [6, 6.07) is 0. The molecule has 1 rings (SSSR count). The maximum atomic E-state index is 5.56. The molecular weight excluding hydrogens is 260 g/mol. The second-order valence-electron chi connectivity index (χ2n) is 6.23. The van der Waals surface area contributed by atoms with Gasteiger partial charge >= 0.3 is 0 Å². The molecule has 1 aliphatic carbocycles. The van der Waals surface area contributed by atoms with Crippen molar-refractivity contribution in [3.05, 3.63) is 0 Å². The highest BCUT2D eigenvalue weighted by Crippen LogP contribution is 2.48. The normalized spacial score (nSPS) is 27.0. The zero-order valence-corrected chi connectivity index (χ0v) is 13.9. The fourth-order valence-corrected chi connectivity index (χ4v) is 3.52. The summed E-state index contributed by atoms with van der Waals surface area (Å²) in [5.41, 5.74) is 0.247. The summed E-state index contributed by atoms with van der Waals surface area (Å²) in [6.07, 6.45) is 2.71. The van der Waals surface area contributed by atoms with Crippen LogP contribution in [0.2, 0.25) is 0 Å². The van der Waals surface area contributed by atoms with Gasteiger partial charge in [0.1, 0.15) is 0 Å². The molecule has 5 heteroatoms. The van der Waals surface area contributed by atoms with Gasteiger partial charge in [0, 0.05) is 47.4 Å². The first-order valence-corrected chi connectivity index (χ1v) is 7.10. The van der Waals surface area contributed by atoms with Gasteiger partial charge in [-0.1, -0.05) is 13.8 Å². The number of hydrogen-bond acceptors (Lipinski definition) is 5. The fraction of sp³-hybridized carbons (Fsp3) is 1.00. The molecule has 0 aromatic heterocycles. The van der Waals surface area contributed by atoms with Crippen molar-refractivity contribution in [2.24, 2.45) is 17.3 Å². The molecule has 0 spiro atoms. The molecule has 20 heavy (non-hydrogen) atoms. The van der Waals surface area contributed by atoms with Crippen LogP contribution in [0.15, 0.2) is 0 Å². The summed E-state index contributed by atoms with van der Waals surface area (Å²) >= 11 is 0. The van der Waals surface area contributed by atoms with E-state index in [-0.39, 0.29) is 23.5 Å². The number of methoxy groups -OCH3 is 5. The molecule has 0 radical (unpaired) electrons. The molecule has 0 N–H and O–H groups in total. The van der Waals surface area contributed by atoms with Crippen molar-refractivity contribution >= 4 is 0 Å². The monoisotopic (exact) mass is 290 g/mol.